The van der Waals surface area contributed by atoms with Gasteiger partial charge in [0.15, 0.2) is 0 Å². The van der Waals surface area contributed by atoms with Crippen LogP contribution in [0.4, 0.5) is 0 Å². The number of rotatable bonds is 4. The van der Waals surface area contributed by atoms with Gasteiger partial charge in [0.1, 0.15) is 5.69 Å². The van der Waals surface area contributed by atoms with E-state index in [1.54, 1.807) is 0 Å². The predicted octanol–water partition coefficient (Wildman–Crippen LogP) is 3.73. The Morgan fingerprint density at radius 3 is 3.00 bits per heavy atom. The van der Waals surface area contributed by atoms with Crippen LogP contribution in [0, 0.1) is 0 Å². The quantitative estimate of drug-likeness (QED) is 0.868. The Kier molecular flexibility index (Phi) is 4.02. The van der Waals surface area contributed by atoms with Gasteiger partial charge in [0.25, 0.3) is 0 Å². The van der Waals surface area contributed by atoms with Gasteiger partial charge < -0.3 is 14.6 Å². The number of carbonyl (C=O) groups excluding carboxylic acids is 1. The Balaban J connectivity index is 1.71. The largest absolute Gasteiger partial charge is 0.461 e. The lowest BCUT2D eigenvalue weighted by atomic mass is 9.98. The molecule has 0 spiro atoms. The molecular weight excluding hydrogens is 312 g/mol. The van der Waals surface area contributed by atoms with Crippen molar-refractivity contribution in [1.82, 2.24) is 9.88 Å². The maximum absolute atomic E-state index is 12.4. The number of para-hydroxylation sites is 1. The molecule has 25 heavy (non-hydrogen) atoms. The lowest BCUT2D eigenvalue weighted by Crippen LogP contribution is -2.33. The summed E-state index contributed by atoms with van der Waals surface area (Å²) in [7, 11) is 0. The second-order valence-electron chi connectivity index (χ2n) is 6.12. The maximum Gasteiger partial charge on any atom is 0.354 e. The molecule has 1 aliphatic carbocycles. The molecular formula is C21H20N2O2. The van der Waals surface area contributed by atoms with Gasteiger partial charge in [-0.05, 0) is 30.7 Å². The highest BCUT2D eigenvalue weighted by Crippen LogP contribution is 2.24. The van der Waals surface area contributed by atoms with Crippen molar-refractivity contribution in [3.63, 3.8) is 0 Å². The zero-order chi connectivity index (χ0) is 17.2. The van der Waals surface area contributed by atoms with E-state index < -0.39 is 0 Å². The molecule has 0 amide bonds. The van der Waals surface area contributed by atoms with Gasteiger partial charge in [0.05, 0.1) is 19.2 Å². The minimum absolute atomic E-state index is 0.192. The molecule has 126 valence electrons. The summed E-state index contributed by atoms with van der Waals surface area (Å²) in [5.74, 6) is -0.285. The van der Waals surface area contributed by atoms with Gasteiger partial charge in [-0.2, -0.15) is 0 Å². The van der Waals surface area contributed by atoms with Crippen LogP contribution in [0.3, 0.4) is 0 Å². The number of nitrogens with zero attached hydrogens (tertiary/aromatic N) is 1. The Morgan fingerprint density at radius 2 is 2.12 bits per heavy atom. The second-order valence-corrected chi connectivity index (χ2v) is 6.12. The topological polar surface area (TPSA) is 43.3 Å². The molecule has 0 saturated carbocycles. The molecule has 0 radical (unpaired) electrons. The minimum atomic E-state index is -0.285. The number of aromatic nitrogens is 1. The molecule has 4 nitrogen and oxygen atoms in total. The van der Waals surface area contributed by atoms with Gasteiger partial charge >= 0.3 is 5.97 Å². The first-order valence-corrected chi connectivity index (χ1v) is 8.54. The first-order valence-electron chi connectivity index (χ1n) is 8.54. The Labute approximate surface area is 146 Å². The van der Waals surface area contributed by atoms with Crippen molar-refractivity contribution < 1.29 is 9.53 Å². The summed E-state index contributed by atoms with van der Waals surface area (Å²) in [6.45, 7) is 2.79. The standard InChI is InChI=1S/C21H20N2O2/c1-2-25-21(24)20-13-16-8-4-6-10-19(16)23(20)14-17-12-11-15-7-3-5-9-18(15)22-17/h3-13,18,22H,2,14H2,1H3. The lowest BCUT2D eigenvalue weighted by molar-refractivity contribution is 0.0515. The highest BCUT2D eigenvalue weighted by Gasteiger charge is 2.20. The van der Waals surface area contributed by atoms with E-state index in [4.69, 9.17) is 4.74 Å². The van der Waals surface area contributed by atoms with E-state index in [-0.39, 0.29) is 12.0 Å². The van der Waals surface area contributed by atoms with Crippen LogP contribution in [-0.4, -0.2) is 23.2 Å². The molecule has 1 aromatic heterocycles. The molecule has 0 saturated heterocycles. The van der Waals surface area contributed by atoms with E-state index in [1.165, 1.54) is 5.57 Å². The molecule has 1 unspecified atom stereocenters. The molecule has 1 aliphatic heterocycles. The maximum atomic E-state index is 12.4. The monoisotopic (exact) mass is 332 g/mol. The Bertz CT molecular complexity index is 944. The van der Waals surface area contributed by atoms with E-state index >= 15 is 0 Å². The minimum Gasteiger partial charge on any atom is -0.461 e. The fourth-order valence-electron chi connectivity index (χ4n) is 3.32. The molecule has 0 fully saturated rings. The molecule has 2 aromatic rings. The van der Waals surface area contributed by atoms with Crippen molar-refractivity contribution in [2.24, 2.45) is 0 Å². The van der Waals surface area contributed by atoms with Crippen LogP contribution in [0.5, 0.6) is 0 Å². The van der Waals surface area contributed by atoms with Crippen LogP contribution < -0.4 is 5.32 Å². The number of fused-ring (bicyclic) bond motifs is 2. The van der Waals surface area contributed by atoms with Crippen molar-refractivity contribution in [3.05, 3.63) is 83.8 Å². The first-order chi connectivity index (χ1) is 12.3. The molecule has 4 heteroatoms. The zero-order valence-electron chi connectivity index (χ0n) is 14.1. The first kappa shape index (κ1) is 15.5. The predicted molar refractivity (Wildman–Crippen MR) is 99.3 cm³/mol. The Morgan fingerprint density at radius 1 is 1.24 bits per heavy atom. The summed E-state index contributed by atoms with van der Waals surface area (Å²) in [6.07, 6.45) is 12.6. The number of esters is 1. The van der Waals surface area contributed by atoms with Crippen LogP contribution in [0.15, 0.2) is 78.1 Å². The third-order valence-electron chi connectivity index (χ3n) is 4.50. The van der Waals surface area contributed by atoms with E-state index in [0.29, 0.717) is 18.8 Å². The summed E-state index contributed by atoms with van der Waals surface area (Å²) in [6, 6.07) is 10.1. The SMILES string of the molecule is CCOC(=O)c1cc2ccccc2n1CC1=CC=C2C=CC=CC2N1. The summed E-state index contributed by atoms with van der Waals surface area (Å²) in [4.78, 5) is 12.4. The molecule has 1 aromatic carbocycles. The smallest absolute Gasteiger partial charge is 0.354 e. The number of allylic oxidation sites excluding steroid dienone is 5. The van der Waals surface area contributed by atoms with Crippen molar-refractivity contribution >= 4 is 16.9 Å². The molecule has 2 heterocycles. The number of carbonyl (C=O) groups is 1. The van der Waals surface area contributed by atoms with Gasteiger partial charge in [-0.15, -0.1) is 0 Å². The van der Waals surface area contributed by atoms with Crippen molar-refractivity contribution in [1.29, 1.82) is 0 Å². The molecule has 1 N–H and O–H groups in total. The second kappa shape index (κ2) is 6.48. The van der Waals surface area contributed by atoms with E-state index in [2.05, 4.69) is 29.6 Å². The van der Waals surface area contributed by atoms with Crippen LogP contribution in [-0.2, 0) is 11.3 Å². The van der Waals surface area contributed by atoms with E-state index in [0.717, 1.165) is 16.6 Å². The summed E-state index contributed by atoms with van der Waals surface area (Å²) in [5, 5.41) is 4.58. The molecule has 2 aliphatic rings. The third kappa shape index (κ3) is 2.91. The summed E-state index contributed by atoms with van der Waals surface area (Å²) < 4.78 is 7.26. The van der Waals surface area contributed by atoms with Gasteiger partial charge in [-0.25, -0.2) is 4.79 Å². The summed E-state index contributed by atoms with van der Waals surface area (Å²) in [5.41, 5.74) is 3.93. The number of benzene rings is 1. The fourth-order valence-corrected chi connectivity index (χ4v) is 3.32. The van der Waals surface area contributed by atoms with Gasteiger partial charge in [-0.1, -0.05) is 48.6 Å². The number of hydrogen-bond donors (Lipinski definition) is 1. The molecule has 4 rings (SSSR count). The summed E-state index contributed by atoms with van der Waals surface area (Å²) >= 11 is 0. The van der Waals surface area contributed by atoms with Crippen LogP contribution in [0.1, 0.15) is 17.4 Å². The van der Waals surface area contributed by atoms with E-state index in [1.807, 2.05) is 54.0 Å². The van der Waals surface area contributed by atoms with Crippen molar-refractivity contribution in [3.8, 4) is 0 Å². The number of dihydropyridines is 1. The Hall–Kier alpha value is -3.01. The third-order valence-corrected chi connectivity index (χ3v) is 4.50. The molecule has 0 bridgehead atoms. The highest BCUT2D eigenvalue weighted by atomic mass is 16.5. The lowest BCUT2D eigenvalue weighted by Gasteiger charge is -2.26. The zero-order valence-corrected chi connectivity index (χ0v) is 14.1. The number of nitrogens with one attached hydrogen (secondary N) is 1. The average Bonchev–Trinajstić information content (AvgIpc) is 3.01. The van der Waals surface area contributed by atoms with Crippen LogP contribution in [0.25, 0.3) is 10.9 Å². The fraction of sp³-hybridized carbons (Fsp3) is 0.190. The van der Waals surface area contributed by atoms with Gasteiger partial charge in [-0.3, -0.25) is 0 Å². The van der Waals surface area contributed by atoms with Crippen molar-refractivity contribution in [2.45, 2.75) is 19.5 Å². The highest BCUT2D eigenvalue weighted by molar-refractivity contribution is 5.95. The normalized spacial score (nSPS) is 18.4. The van der Waals surface area contributed by atoms with Gasteiger partial charge in [0, 0.05) is 16.6 Å². The van der Waals surface area contributed by atoms with Gasteiger partial charge in [0.2, 0.25) is 0 Å². The number of hydrogen-bond acceptors (Lipinski definition) is 3. The van der Waals surface area contributed by atoms with Crippen LogP contribution >= 0.6 is 0 Å². The molecule has 1 atom stereocenters. The van der Waals surface area contributed by atoms with Crippen LogP contribution in [0.2, 0.25) is 0 Å². The number of ether oxygens (including phenoxy) is 1. The van der Waals surface area contributed by atoms with E-state index in [9.17, 15) is 4.79 Å². The average molecular weight is 332 g/mol. The van der Waals surface area contributed by atoms with Crippen molar-refractivity contribution in [2.75, 3.05) is 6.61 Å².